The van der Waals surface area contributed by atoms with Crippen molar-refractivity contribution in [2.75, 3.05) is 19.0 Å². The molecule has 0 aliphatic heterocycles. The predicted octanol–water partition coefficient (Wildman–Crippen LogP) is 2.13. The van der Waals surface area contributed by atoms with Crippen molar-refractivity contribution in [2.45, 2.75) is 19.4 Å². The molecule has 2 N–H and O–H groups in total. The van der Waals surface area contributed by atoms with E-state index >= 15 is 0 Å². The normalized spacial score (nSPS) is 11.1. The molecule has 0 saturated carbocycles. The Morgan fingerprint density at radius 1 is 1.53 bits per heavy atom. The Kier molecular flexibility index (Phi) is 4.44. The average Bonchev–Trinajstić information content (AvgIpc) is 2.27. The zero-order valence-corrected chi connectivity index (χ0v) is 11.0. The largest absolute Gasteiger partial charge is 0.478 e. The number of benzene rings is 1. The Bertz CT molecular complexity index is 499. The Balaban J connectivity index is 3.14. The van der Waals surface area contributed by atoms with E-state index < -0.39 is 16.4 Å². The Hall–Kier alpha value is -2.15. The maximum Gasteiger partial charge on any atom is 0.335 e. The van der Waals surface area contributed by atoms with Crippen molar-refractivity contribution in [3.63, 3.8) is 0 Å². The topological polar surface area (TPSA) is 102 Å². The average molecular weight is 268 g/mol. The molecule has 1 aromatic carbocycles. The van der Waals surface area contributed by atoms with Crippen molar-refractivity contribution in [1.82, 2.24) is 0 Å². The summed E-state index contributed by atoms with van der Waals surface area (Å²) in [6, 6.07) is 3.74. The molecule has 0 aliphatic carbocycles. The second-order valence-electron chi connectivity index (χ2n) is 4.74. The van der Waals surface area contributed by atoms with Crippen LogP contribution in [-0.2, 0) is 4.74 Å². The van der Waals surface area contributed by atoms with Crippen LogP contribution in [0.5, 0.6) is 0 Å². The van der Waals surface area contributed by atoms with Crippen molar-refractivity contribution in [3.8, 4) is 0 Å². The maximum absolute atomic E-state index is 11.0. The van der Waals surface area contributed by atoms with Crippen LogP contribution in [0.3, 0.4) is 0 Å². The lowest BCUT2D eigenvalue weighted by molar-refractivity contribution is -0.384. The summed E-state index contributed by atoms with van der Waals surface area (Å²) in [5.41, 5.74) is -0.646. The molecule has 0 bridgehead atoms. The number of carboxylic acids is 1. The van der Waals surface area contributed by atoms with Gasteiger partial charge in [-0.15, -0.1) is 0 Å². The number of nitro groups is 1. The number of aromatic carboxylic acids is 1. The smallest absolute Gasteiger partial charge is 0.335 e. The van der Waals surface area contributed by atoms with E-state index in [4.69, 9.17) is 9.84 Å². The van der Waals surface area contributed by atoms with Crippen molar-refractivity contribution in [2.24, 2.45) is 0 Å². The molecule has 0 fully saturated rings. The van der Waals surface area contributed by atoms with Gasteiger partial charge in [-0.25, -0.2) is 4.79 Å². The number of rotatable bonds is 6. The number of nitro benzene ring substituents is 1. The highest BCUT2D eigenvalue weighted by molar-refractivity contribution is 5.89. The fraction of sp³-hybridized carbons (Fsp3) is 0.417. The van der Waals surface area contributed by atoms with Crippen LogP contribution in [0.2, 0.25) is 0 Å². The molecule has 19 heavy (non-hydrogen) atoms. The number of ether oxygens (including phenoxy) is 1. The number of methoxy groups -OCH3 is 1. The molecule has 0 heterocycles. The zero-order chi connectivity index (χ0) is 14.6. The van der Waals surface area contributed by atoms with E-state index in [1.165, 1.54) is 19.2 Å². The van der Waals surface area contributed by atoms with E-state index in [-0.39, 0.29) is 16.9 Å². The van der Waals surface area contributed by atoms with Crippen molar-refractivity contribution in [3.05, 3.63) is 33.9 Å². The van der Waals surface area contributed by atoms with E-state index in [0.29, 0.717) is 6.61 Å². The molecule has 1 rings (SSSR count). The van der Waals surface area contributed by atoms with Crippen LogP contribution in [-0.4, -0.2) is 35.3 Å². The first-order valence-corrected chi connectivity index (χ1v) is 5.55. The molecule has 0 saturated heterocycles. The van der Waals surface area contributed by atoms with Gasteiger partial charge in [-0.2, -0.15) is 0 Å². The van der Waals surface area contributed by atoms with E-state index in [0.717, 1.165) is 6.07 Å². The maximum atomic E-state index is 11.0. The molecule has 0 atom stereocenters. The number of hydrogen-bond donors (Lipinski definition) is 2. The van der Waals surface area contributed by atoms with Gasteiger partial charge in [-0.3, -0.25) is 10.1 Å². The number of carbonyl (C=O) groups is 1. The summed E-state index contributed by atoms with van der Waals surface area (Å²) in [5.74, 6) is -1.20. The molecular formula is C12H16N2O5. The Labute approximate surface area is 110 Å². The molecule has 7 nitrogen and oxygen atoms in total. The first-order chi connectivity index (χ1) is 8.76. The molecule has 0 radical (unpaired) electrons. The lowest BCUT2D eigenvalue weighted by Gasteiger charge is -2.26. The minimum absolute atomic E-state index is 0.123. The molecular weight excluding hydrogens is 252 g/mol. The number of carboxylic acid groups (broad SMARTS) is 1. The Morgan fingerprint density at radius 2 is 2.16 bits per heavy atom. The monoisotopic (exact) mass is 268 g/mol. The van der Waals surface area contributed by atoms with Crippen LogP contribution in [0.15, 0.2) is 18.2 Å². The van der Waals surface area contributed by atoms with Gasteiger partial charge in [0.05, 0.1) is 22.6 Å². The minimum atomic E-state index is -1.20. The third-order valence-electron chi connectivity index (χ3n) is 2.42. The van der Waals surface area contributed by atoms with Crippen LogP contribution in [0, 0.1) is 10.1 Å². The SMILES string of the molecule is COCC(C)(C)Nc1ccc(C(=O)O)cc1[N+](=O)[O-]. The Morgan fingerprint density at radius 3 is 2.63 bits per heavy atom. The first kappa shape index (κ1) is 14.9. The summed E-state index contributed by atoms with van der Waals surface area (Å²) in [7, 11) is 1.53. The number of hydrogen-bond acceptors (Lipinski definition) is 5. The van der Waals surface area contributed by atoms with Crippen molar-refractivity contribution >= 4 is 17.3 Å². The molecule has 104 valence electrons. The highest BCUT2D eigenvalue weighted by Gasteiger charge is 2.23. The highest BCUT2D eigenvalue weighted by Crippen LogP contribution is 2.28. The lowest BCUT2D eigenvalue weighted by atomic mass is 10.1. The standard InChI is InChI=1S/C12H16N2O5/c1-12(2,7-19-3)13-9-5-4-8(11(15)16)6-10(9)14(17)18/h4-6,13H,7H2,1-3H3,(H,15,16). The summed E-state index contributed by atoms with van der Waals surface area (Å²) in [6.45, 7) is 4.00. The van der Waals surface area contributed by atoms with E-state index in [2.05, 4.69) is 5.32 Å². The van der Waals surface area contributed by atoms with Gasteiger partial charge in [0, 0.05) is 13.2 Å². The summed E-state index contributed by atoms with van der Waals surface area (Å²) in [6.07, 6.45) is 0. The second-order valence-corrected chi connectivity index (χ2v) is 4.74. The zero-order valence-electron chi connectivity index (χ0n) is 11.0. The summed E-state index contributed by atoms with van der Waals surface area (Å²) in [4.78, 5) is 21.2. The van der Waals surface area contributed by atoms with E-state index in [9.17, 15) is 14.9 Å². The molecule has 0 aromatic heterocycles. The minimum Gasteiger partial charge on any atom is -0.478 e. The number of nitrogens with zero attached hydrogens (tertiary/aromatic N) is 1. The second kappa shape index (κ2) is 5.66. The van der Waals surface area contributed by atoms with Gasteiger partial charge in [-0.1, -0.05) is 0 Å². The molecule has 0 spiro atoms. The van der Waals surface area contributed by atoms with E-state index in [1.807, 2.05) is 13.8 Å². The van der Waals surface area contributed by atoms with Crippen molar-refractivity contribution in [1.29, 1.82) is 0 Å². The fourth-order valence-corrected chi connectivity index (χ4v) is 1.68. The van der Waals surface area contributed by atoms with Gasteiger partial charge in [-0.05, 0) is 26.0 Å². The summed E-state index contributed by atoms with van der Waals surface area (Å²) >= 11 is 0. The van der Waals surface area contributed by atoms with Crippen LogP contribution in [0.4, 0.5) is 11.4 Å². The lowest BCUT2D eigenvalue weighted by Crippen LogP contribution is -2.36. The number of nitrogens with one attached hydrogen (secondary N) is 1. The summed E-state index contributed by atoms with van der Waals surface area (Å²) < 4.78 is 5.01. The van der Waals surface area contributed by atoms with Crippen LogP contribution < -0.4 is 5.32 Å². The third-order valence-corrected chi connectivity index (χ3v) is 2.42. The molecule has 7 heteroatoms. The highest BCUT2D eigenvalue weighted by atomic mass is 16.6. The fourth-order valence-electron chi connectivity index (χ4n) is 1.68. The third kappa shape index (κ3) is 3.92. The van der Waals surface area contributed by atoms with Crippen LogP contribution in [0.1, 0.15) is 24.2 Å². The molecule has 0 amide bonds. The molecule has 0 unspecified atom stereocenters. The van der Waals surface area contributed by atoms with Gasteiger partial charge < -0.3 is 15.2 Å². The van der Waals surface area contributed by atoms with Crippen LogP contribution in [0.25, 0.3) is 0 Å². The van der Waals surface area contributed by atoms with Gasteiger partial charge in [0.15, 0.2) is 0 Å². The predicted molar refractivity (Wildman–Crippen MR) is 69.6 cm³/mol. The van der Waals surface area contributed by atoms with Gasteiger partial charge in [0.2, 0.25) is 0 Å². The van der Waals surface area contributed by atoms with Gasteiger partial charge >= 0.3 is 5.97 Å². The van der Waals surface area contributed by atoms with Crippen LogP contribution >= 0.6 is 0 Å². The quantitative estimate of drug-likeness (QED) is 0.605. The van der Waals surface area contributed by atoms with Gasteiger partial charge in [0.1, 0.15) is 5.69 Å². The van der Waals surface area contributed by atoms with Gasteiger partial charge in [0.25, 0.3) is 5.69 Å². The molecule has 1 aromatic rings. The number of anilines is 1. The van der Waals surface area contributed by atoms with Crippen molar-refractivity contribution < 1.29 is 19.6 Å². The first-order valence-electron chi connectivity index (χ1n) is 5.55. The van der Waals surface area contributed by atoms with E-state index in [1.54, 1.807) is 0 Å². The molecule has 0 aliphatic rings. The summed E-state index contributed by atoms with van der Waals surface area (Å²) in [5, 5.41) is 22.8.